The third-order valence-corrected chi connectivity index (χ3v) is 5.37. The number of hydrogen-bond acceptors (Lipinski definition) is 7. The first-order valence-corrected chi connectivity index (χ1v) is 11.2. The van der Waals surface area contributed by atoms with Crippen LogP contribution in [-0.4, -0.2) is 55.9 Å². The van der Waals surface area contributed by atoms with Gasteiger partial charge in [0.15, 0.2) is 0 Å². The Hall–Kier alpha value is -4.22. The van der Waals surface area contributed by atoms with E-state index in [-0.39, 0.29) is 29.4 Å². The van der Waals surface area contributed by atoms with Gasteiger partial charge in [-0.1, -0.05) is 24.3 Å². The van der Waals surface area contributed by atoms with Crippen LogP contribution in [0.15, 0.2) is 60.9 Å². The van der Waals surface area contributed by atoms with Crippen molar-refractivity contribution < 1.29 is 29.0 Å². The molecule has 0 aliphatic rings. The molecule has 188 valence electrons. The average Bonchev–Trinajstić information content (AvgIpc) is 2.88. The Labute approximate surface area is 206 Å². The third kappa shape index (κ3) is 6.46. The van der Waals surface area contributed by atoms with Crippen LogP contribution in [0, 0.1) is 5.82 Å². The van der Waals surface area contributed by atoms with Crippen LogP contribution in [0.4, 0.5) is 4.39 Å². The van der Waals surface area contributed by atoms with Gasteiger partial charge in [0.05, 0.1) is 0 Å². The Kier molecular flexibility index (Phi) is 8.41. The minimum atomic E-state index is -2.77. The SMILES string of the molecule is CCN(CC)C(=O)c1ccc(C(O)(O)NC(=O)c2cc(C(=O)NCc3ccc(F)cc3)ncn2)cc1. The zero-order chi connectivity index (χ0) is 26.3. The van der Waals surface area contributed by atoms with Gasteiger partial charge in [-0.05, 0) is 43.7 Å². The molecule has 0 spiro atoms. The lowest BCUT2D eigenvalue weighted by Crippen LogP contribution is -2.46. The number of nitrogens with one attached hydrogen (secondary N) is 2. The summed E-state index contributed by atoms with van der Waals surface area (Å²) in [5.74, 6) is -4.96. The van der Waals surface area contributed by atoms with E-state index in [9.17, 15) is 29.0 Å². The van der Waals surface area contributed by atoms with Crippen molar-refractivity contribution >= 4 is 17.7 Å². The molecular weight excluding hydrogens is 469 g/mol. The summed E-state index contributed by atoms with van der Waals surface area (Å²) in [4.78, 5) is 46.7. The van der Waals surface area contributed by atoms with Crippen molar-refractivity contribution in [3.8, 4) is 0 Å². The molecule has 0 aliphatic heterocycles. The number of carbonyl (C=O) groups is 3. The molecular formula is C25H26FN5O5. The van der Waals surface area contributed by atoms with Crippen LogP contribution in [0.2, 0.25) is 0 Å². The molecule has 1 heterocycles. The molecule has 0 saturated heterocycles. The fourth-order valence-corrected chi connectivity index (χ4v) is 3.31. The molecule has 4 N–H and O–H groups in total. The molecule has 11 heteroatoms. The van der Waals surface area contributed by atoms with Crippen molar-refractivity contribution in [2.75, 3.05) is 13.1 Å². The molecule has 3 rings (SSSR count). The summed E-state index contributed by atoms with van der Waals surface area (Å²) in [7, 11) is 0. The quantitative estimate of drug-likeness (QED) is 0.330. The van der Waals surface area contributed by atoms with Crippen LogP contribution in [0.1, 0.15) is 56.3 Å². The van der Waals surface area contributed by atoms with E-state index in [1.807, 2.05) is 19.2 Å². The van der Waals surface area contributed by atoms with Gasteiger partial charge < -0.3 is 20.4 Å². The number of aromatic nitrogens is 2. The van der Waals surface area contributed by atoms with Gasteiger partial charge in [-0.2, -0.15) is 0 Å². The van der Waals surface area contributed by atoms with Crippen LogP contribution < -0.4 is 10.6 Å². The number of hydrogen-bond donors (Lipinski definition) is 4. The van der Waals surface area contributed by atoms with Crippen molar-refractivity contribution in [3.05, 3.63) is 94.8 Å². The standard InChI is InChI=1S/C25H26FN5O5/c1-3-31(4-2)24(34)17-7-9-18(10-8-17)25(35,36)30-23(33)21-13-20(28-15-29-21)22(32)27-14-16-5-11-19(26)12-6-16/h5-13,15,35-36H,3-4,14H2,1-2H3,(H,27,32)(H,30,33). The summed E-state index contributed by atoms with van der Waals surface area (Å²) >= 11 is 0. The zero-order valence-corrected chi connectivity index (χ0v) is 19.7. The van der Waals surface area contributed by atoms with Crippen LogP contribution in [0.5, 0.6) is 0 Å². The van der Waals surface area contributed by atoms with E-state index in [0.717, 1.165) is 12.4 Å². The molecule has 3 amide bonds. The molecule has 0 radical (unpaired) electrons. The predicted octanol–water partition coefficient (Wildman–Crippen LogP) is 1.55. The van der Waals surface area contributed by atoms with E-state index in [0.29, 0.717) is 24.2 Å². The maximum Gasteiger partial charge on any atom is 0.275 e. The summed E-state index contributed by atoms with van der Waals surface area (Å²) < 4.78 is 13.0. The number of halogens is 1. The fourth-order valence-electron chi connectivity index (χ4n) is 3.31. The van der Waals surface area contributed by atoms with Crippen LogP contribution >= 0.6 is 0 Å². The van der Waals surface area contributed by atoms with Crippen molar-refractivity contribution in [2.24, 2.45) is 0 Å². The largest absolute Gasteiger partial charge is 0.347 e. The summed E-state index contributed by atoms with van der Waals surface area (Å²) in [5.41, 5.74) is 0.526. The maximum atomic E-state index is 13.0. The van der Waals surface area contributed by atoms with Crippen molar-refractivity contribution in [3.63, 3.8) is 0 Å². The van der Waals surface area contributed by atoms with E-state index < -0.39 is 23.5 Å². The first-order valence-electron chi connectivity index (χ1n) is 11.2. The minimum absolute atomic E-state index is 0.0849. The molecule has 1 aromatic heterocycles. The molecule has 10 nitrogen and oxygen atoms in total. The Morgan fingerprint density at radius 3 is 2.08 bits per heavy atom. The molecule has 3 aromatic rings. The van der Waals surface area contributed by atoms with Gasteiger partial charge in [0.2, 0.25) is 0 Å². The van der Waals surface area contributed by atoms with E-state index in [1.54, 1.807) is 4.90 Å². The second-order valence-electron chi connectivity index (χ2n) is 7.78. The molecule has 36 heavy (non-hydrogen) atoms. The van der Waals surface area contributed by atoms with Crippen molar-refractivity contribution in [1.82, 2.24) is 25.5 Å². The second-order valence-corrected chi connectivity index (χ2v) is 7.78. The highest BCUT2D eigenvalue weighted by atomic mass is 19.1. The predicted molar refractivity (Wildman–Crippen MR) is 127 cm³/mol. The number of carbonyl (C=O) groups excluding carboxylic acids is 3. The first-order chi connectivity index (χ1) is 17.1. The lowest BCUT2D eigenvalue weighted by Gasteiger charge is -2.24. The smallest absolute Gasteiger partial charge is 0.275 e. The van der Waals surface area contributed by atoms with Gasteiger partial charge in [-0.3, -0.25) is 19.7 Å². The zero-order valence-electron chi connectivity index (χ0n) is 19.7. The number of rotatable bonds is 9. The summed E-state index contributed by atoms with van der Waals surface area (Å²) in [6, 6.07) is 12.1. The normalized spacial score (nSPS) is 11.0. The lowest BCUT2D eigenvalue weighted by molar-refractivity contribution is -0.185. The number of aliphatic hydroxyl groups is 2. The van der Waals surface area contributed by atoms with Gasteiger partial charge in [0.25, 0.3) is 23.6 Å². The first kappa shape index (κ1) is 26.4. The van der Waals surface area contributed by atoms with Crippen LogP contribution in [0.3, 0.4) is 0 Å². The summed E-state index contributed by atoms with van der Waals surface area (Å²) in [6.07, 6.45) is 0.992. The van der Waals surface area contributed by atoms with Crippen molar-refractivity contribution in [2.45, 2.75) is 26.3 Å². The van der Waals surface area contributed by atoms with Gasteiger partial charge in [0.1, 0.15) is 23.5 Å². The Balaban J connectivity index is 1.66. The summed E-state index contributed by atoms with van der Waals surface area (Å²) in [6.45, 7) is 4.87. The second kappa shape index (κ2) is 11.5. The van der Waals surface area contributed by atoms with E-state index in [1.165, 1.54) is 48.5 Å². The minimum Gasteiger partial charge on any atom is -0.347 e. The topological polar surface area (TPSA) is 145 Å². The fraction of sp³-hybridized carbons (Fsp3) is 0.240. The van der Waals surface area contributed by atoms with E-state index >= 15 is 0 Å². The monoisotopic (exact) mass is 495 g/mol. The van der Waals surface area contributed by atoms with E-state index in [2.05, 4.69) is 15.3 Å². The Morgan fingerprint density at radius 2 is 1.50 bits per heavy atom. The molecule has 0 saturated carbocycles. The van der Waals surface area contributed by atoms with Gasteiger partial charge in [-0.25, -0.2) is 14.4 Å². The van der Waals surface area contributed by atoms with Crippen LogP contribution in [0.25, 0.3) is 0 Å². The highest BCUT2D eigenvalue weighted by molar-refractivity contribution is 5.97. The number of amides is 3. The lowest BCUT2D eigenvalue weighted by atomic mass is 10.1. The number of nitrogens with zero attached hydrogens (tertiary/aromatic N) is 3. The third-order valence-electron chi connectivity index (χ3n) is 5.37. The highest BCUT2D eigenvalue weighted by Gasteiger charge is 2.30. The van der Waals surface area contributed by atoms with Gasteiger partial charge >= 0.3 is 0 Å². The van der Waals surface area contributed by atoms with Crippen LogP contribution in [-0.2, 0) is 12.5 Å². The molecule has 0 bridgehead atoms. The molecule has 0 atom stereocenters. The maximum absolute atomic E-state index is 13.0. The molecule has 2 aromatic carbocycles. The Bertz CT molecular complexity index is 1230. The molecule has 0 fully saturated rings. The molecule has 0 aliphatic carbocycles. The van der Waals surface area contributed by atoms with Gasteiger partial charge in [-0.15, -0.1) is 0 Å². The van der Waals surface area contributed by atoms with E-state index in [4.69, 9.17) is 0 Å². The highest BCUT2D eigenvalue weighted by Crippen LogP contribution is 2.17. The number of benzene rings is 2. The molecule has 0 unspecified atom stereocenters. The van der Waals surface area contributed by atoms with Gasteiger partial charge in [0, 0.05) is 36.8 Å². The average molecular weight is 496 g/mol. The summed E-state index contributed by atoms with van der Waals surface area (Å²) in [5, 5.41) is 25.5. The Morgan fingerprint density at radius 1 is 0.917 bits per heavy atom. The van der Waals surface area contributed by atoms with Crippen molar-refractivity contribution in [1.29, 1.82) is 0 Å².